The maximum atomic E-state index is 3.94. The molecule has 1 aromatic heterocycles. The molecule has 2 heteroatoms. The summed E-state index contributed by atoms with van der Waals surface area (Å²) in [7, 11) is 0. The minimum absolute atomic E-state index is 0.929. The first-order chi connectivity index (χ1) is 5.93. The Hall–Kier alpha value is -1.15. The van der Waals surface area contributed by atoms with Crippen molar-refractivity contribution in [1.82, 2.24) is 10.3 Å². The third-order valence-electron chi connectivity index (χ3n) is 1.53. The molecule has 0 unspecified atom stereocenters. The summed E-state index contributed by atoms with van der Waals surface area (Å²) >= 11 is 0. The SMILES string of the molecule is CCNCC=Cc1ccncc1. The van der Waals surface area contributed by atoms with Gasteiger partial charge in [0.05, 0.1) is 0 Å². The number of rotatable bonds is 4. The Morgan fingerprint density at radius 3 is 2.83 bits per heavy atom. The van der Waals surface area contributed by atoms with Gasteiger partial charge in [0.15, 0.2) is 0 Å². The molecule has 1 rings (SSSR count). The van der Waals surface area contributed by atoms with Gasteiger partial charge in [0.25, 0.3) is 0 Å². The summed E-state index contributed by atoms with van der Waals surface area (Å²) in [6.45, 7) is 4.04. The fourth-order valence-corrected chi connectivity index (χ4v) is 0.897. The highest BCUT2D eigenvalue weighted by molar-refractivity contribution is 5.47. The minimum Gasteiger partial charge on any atom is -0.314 e. The van der Waals surface area contributed by atoms with Crippen LogP contribution in [0.3, 0.4) is 0 Å². The van der Waals surface area contributed by atoms with Crippen LogP contribution in [-0.2, 0) is 0 Å². The van der Waals surface area contributed by atoms with Gasteiger partial charge in [0.1, 0.15) is 0 Å². The van der Waals surface area contributed by atoms with Gasteiger partial charge in [-0.25, -0.2) is 0 Å². The Bertz CT molecular complexity index is 229. The van der Waals surface area contributed by atoms with Gasteiger partial charge < -0.3 is 5.32 Å². The average Bonchev–Trinajstić information content (AvgIpc) is 2.14. The van der Waals surface area contributed by atoms with Crippen LogP contribution in [0.4, 0.5) is 0 Å². The van der Waals surface area contributed by atoms with E-state index < -0.39 is 0 Å². The zero-order valence-corrected chi connectivity index (χ0v) is 7.33. The van der Waals surface area contributed by atoms with Gasteiger partial charge in [-0.1, -0.05) is 19.1 Å². The molecule has 0 aliphatic rings. The molecule has 0 amide bonds. The van der Waals surface area contributed by atoms with Crippen molar-refractivity contribution in [2.24, 2.45) is 0 Å². The van der Waals surface area contributed by atoms with Crippen LogP contribution in [-0.4, -0.2) is 18.1 Å². The molecular formula is C10H14N2. The maximum absolute atomic E-state index is 3.94. The van der Waals surface area contributed by atoms with E-state index in [1.165, 1.54) is 5.56 Å². The lowest BCUT2D eigenvalue weighted by molar-refractivity contribution is 0.801. The first-order valence-corrected chi connectivity index (χ1v) is 4.20. The van der Waals surface area contributed by atoms with E-state index in [2.05, 4.69) is 29.4 Å². The zero-order valence-electron chi connectivity index (χ0n) is 7.33. The van der Waals surface area contributed by atoms with Gasteiger partial charge in [0.2, 0.25) is 0 Å². The molecule has 0 saturated carbocycles. The quantitative estimate of drug-likeness (QED) is 0.682. The third kappa shape index (κ3) is 3.30. The Kier molecular flexibility index (Phi) is 4.09. The van der Waals surface area contributed by atoms with Crippen LogP contribution in [0.2, 0.25) is 0 Å². The maximum Gasteiger partial charge on any atom is 0.0273 e. The molecule has 0 saturated heterocycles. The van der Waals surface area contributed by atoms with Crippen molar-refractivity contribution in [3.05, 3.63) is 36.2 Å². The molecule has 12 heavy (non-hydrogen) atoms. The highest BCUT2D eigenvalue weighted by atomic mass is 14.8. The van der Waals surface area contributed by atoms with Crippen molar-refractivity contribution in [2.45, 2.75) is 6.92 Å². The zero-order chi connectivity index (χ0) is 8.65. The van der Waals surface area contributed by atoms with E-state index in [-0.39, 0.29) is 0 Å². The Balaban J connectivity index is 2.36. The van der Waals surface area contributed by atoms with Crippen molar-refractivity contribution in [2.75, 3.05) is 13.1 Å². The molecule has 0 radical (unpaired) electrons. The summed E-state index contributed by atoms with van der Waals surface area (Å²) in [4.78, 5) is 3.94. The van der Waals surface area contributed by atoms with Crippen LogP contribution in [0.5, 0.6) is 0 Å². The standard InChI is InChI=1S/C10H14N2/c1-2-11-7-3-4-10-5-8-12-9-6-10/h3-6,8-9,11H,2,7H2,1H3. The predicted molar refractivity (Wildman–Crippen MR) is 51.8 cm³/mol. The Morgan fingerprint density at radius 1 is 1.42 bits per heavy atom. The number of aromatic nitrogens is 1. The lowest BCUT2D eigenvalue weighted by Crippen LogP contribution is -2.11. The monoisotopic (exact) mass is 162 g/mol. The van der Waals surface area contributed by atoms with E-state index in [0.717, 1.165) is 13.1 Å². The fourth-order valence-electron chi connectivity index (χ4n) is 0.897. The summed E-state index contributed by atoms with van der Waals surface area (Å²) in [6.07, 6.45) is 7.79. The van der Waals surface area contributed by atoms with Crippen molar-refractivity contribution in [3.63, 3.8) is 0 Å². The molecule has 1 aromatic rings. The first kappa shape index (κ1) is 8.94. The van der Waals surface area contributed by atoms with Crippen LogP contribution < -0.4 is 5.32 Å². The summed E-state index contributed by atoms with van der Waals surface area (Å²) in [5.74, 6) is 0. The number of likely N-dealkylation sites (N-methyl/N-ethyl adjacent to an activating group) is 1. The van der Waals surface area contributed by atoms with Gasteiger partial charge in [-0.05, 0) is 24.2 Å². The summed E-state index contributed by atoms with van der Waals surface area (Å²) in [6, 6.07) is 3.98. The van der Waals surface area contributed by atoms with Crippen LogP contribution in [0.25, 0.3) is 6.08 Å². The fraction of sp³-hybridized carbons (Fsp3) is 0.300. The number of hydrogen-bond acceptors (Lipinski definition) is 2. The van der Waals surface area contributed by atoms with Gasteiger partial charge in [0, 0.05) is 18.9 Å². The van der Waals surface area contributed by atoms with Crippen LogP contribution >= 0.6 is 0 Å². The van der Waals surface area contributed by atoms with Gasteiger partial charge in [-0.3, -0.25) is 4.98 Å². The van der Waals surface area contributed by atoms with E-state index in [9.17, 15) is 0 Å². The molecule has 0 bridgehead atoms. The molecule has 0 aromatic carbocycles. The van der Waals surface area contributed by atoms with E-state index in [1.807, 2.05) is 12.1 Å². The topological polar surface area (TPSA) is 24.9 Å². The molecule has 0 fully saturated rings. The van der Waals surface area contributed by atoms with Crippen molar-refractivity contribution >= 4 is 6.08 Å². The van der Waals surface area contributed by atoms with Gasteiger partial charge in [-0.2, -0.15) is 0 Å². The van der Waals surface area contributed by atoms with E-state index >= 15 is 0 Å². The molecule has 0 aliphatic heterocycles. The molecule has 64 valence electrons. The molecule has 1 heterocycles. The predicted octanol–water partition coefficient (Wildman–Crippen LogP) is 1.70. The highest BCUT2D eigenvalue weighted by Gasteiger charge is 1.81. The van der Waals surface area contributed by atoms with Crippen LogP contribution in [0.15, 0.2) is 30.6 Å². The molecule has 0 aliphatic carbocycles. The number of pyridine rings is 1. The Labute approximate surface area is 73.3 Å². The Morgan fingerprint density at radius 2 is 2.17 bits per heavy atom. The lowest BCUT2D eigenvalue weighted by Gasteiger charge is -1.93. The van der Waals surface area contributed by atoms with Gasteiger partial charge >= 0.3 is 0 Å². The first-order valence-electron chi connectivity index (χ1n) is 4.20. The van der Waals surface area contributed by atoms with Crippen molar-refractivity contribution < 1.29 is 0 Å². The third-order valence-corrected chi connectivity index (χ3v) is 1.53. The molecule has 0 spiro atoms. The summed E-state index contributed by atoms with van der Waals surface area (Å²) in [5, 5.41) is 3.22. The van der Waals surface area contributed by atoms with Crippen LogP contribution in [0.1, 0.15) is 12.5 Å². The number of hydrogen-bond donors (Lipinski definition) is 1. The summed E-state index contributed by atoms with van der Waals surface area (Å²) < 4.78 is 0. The summed E-state index contributed by atoms with van der Waals surface area (Å²) in [5.41, 5.74) is 1.20. The van der Waals surface area contributed by atoms with Crippen molar-refractivity contribution in [3.8, 4) is 0 Å². The average molecular weight is 162 g/mol. The second kappa shape index (κ2) is 5.49. The van der Waals surface area contributed by atoms with Crippen molar-refractivity contribution in [1.29, 1.82) is 0 Å². The minimum atomic E-state index is 0.929. The van der Waals surface area contributed by atoms with E-state index in [1.54, 1.807) is 12.4 Å². The molecule has 2 nitrogen and oxygen atoms in total. The second-order valence-corrected chi connectivity index (χ2v) is 2.49. The molecule has 1 N–H and O–H groups in total. The second-order valence-electron chi connectivity index (χ2n) is 2.49. The largest absolute Gasteiger partial charge is 0.314 e. The van der Waals surface area contributed by atoms with Gasteiger partial charge in [-0.15, -0.1) is 0 Å². The molecule has 0 atom stereocenters. The van der Waals surface area contributed by atoms with E-state index in [4.69, 9.17) is 0 Å². The normalized spacial score (nSPS) is 10.8. The number of nitrogens with zero attached hydrogens (tertiary/aromatic N) is 1. The highest BCUT2D eigenvalue weighted by Crippen LogP contribution is 1.97. The molecular weight excluding hydrogens is 148 g/mol. The van der Waals surface area contributed by atoms with E-state index in [0.29, 0.717) is 0 Å². The lowest BCUT2D eigenvalue weighted by atomic mass is 10.2. The smallest absolute Gasteiger partial charge is 0.0273 e. The number of nitrogens with one attached hydrogen (secondary N) is 1. The van der Waals surface area contributed by atoms with Crippen LogP contribution in [0, 0.1) is 0 Å².